The van der Waals surface area contributed by atoms with Crippen molar-refractivity contribution in [3.05, 3.63) is 97.2 Å². The monoisotopic (exact) mass is 1050 g/mol. The maximum Gasteiger partial charge on any atom is 0.472 e. The van der Waals surface area contributed by atoms with Gasteiger partial charge in [-0.2, -0.15) is 0 Å². The molecular weight excluding hydrogens is 948 g/mol. The zero-order chi connectivity index (χ0) is 53.5. The number of aliphatic hydroxyl groups excluding tert-OH is 5. The van der Waals surface area contributed by atoms with E-state index >= 15 is 0 Å². The molecule has 0 spiro atoms. The molecule has 418 valence electrons. The SMILES string of the molecule is CC/C=C\C/C=C\C/C=C\C/C=C\CCCCCCCCCCCCC(=O)OC(COC(=O)CCCCCCCCCC/C=C\C/C=C\C/C=C\C/C=C\CC)COP(=O)(O)OC1C(O)C(O)C(O)C(O)C1O. The van der Waals surface area contributed by atoms with E-state index in [-0.39, 0.29) is 12.8 Å². The van der Waals surface area contributed by atoms with Crippen LogP contribution >= 0.6 is 7.82 Å². The number of carbonyl (C=O) groups excluding carboxylic acids is 2. The molecule has 14 heteroatoms. The number of phosphoric ester groups is 1. The molecule has 0 saturated heterocycles. The van der Waals surface area contributed by atoms with E-state index in [0.717, 1.165) is 116 Å². The van der Waals surface area contributed by atoms with Gasteiger partial charge in [-0.1, -0.05) is 201 Å². The summed E-state index contributed by atoms with van der Waals surface area (Å²) in [6, 6.07) is 0. The van der Waals surface area contributed by atoms with E-state index in [1.807, 2.05) is 0 Å². The molecule has 13 nitrogen and oxygen atoms in total. The second kappa shape index (κ2) is 47.2. The molecule has 0 aliphatic heterocycles. The Morgan fingerprint density at radius 2 is 0.740 bits per heavy atom. The minimum atomic E-state index is -5.14. The molecule has 0 aromatic carbocycles. The molecular formula is C59H99O13P. The number of allylic oxidation sites excluding steroid dienone is 16. The van der Waals surface area contributed by atoms with Crippen LogP contribution in [0.25, 0.3) is 0 Å². The third-order valence-electron chi connectivity index (χ3n) is 12.4. The minimum absolute atomic E-state index is 0.0842. The third kappa shape index (κ3) is 38.9. The fourth-order valence-electron chi connectivity index (χ4n) is 8.04. The molecule has 0 amide bonds. The lowest BCUT2D eigenvalue weighted by Crippen LogP contribution is -2.64. The van der Waals surface area contributed by atoms with E-state index in [9.17, 15) is 44.6 Å². The van der Waals surface area contributed by atoms with Gasteiger partial charge in [-0.3, -0.25) is 18.6 Å². The van der Waals surface area contributed by atoms with Crippen LogP contribution in [0, 0.1) is 0 Å². The fourth-order valence-corrected chi connectivity index (χ4v) is 9.01. The Morgan fingerprint density at radius 1 is 0.425 bits per heavy atom. The van der Waals surface area contributed by atoms with Crippen molar-refractivity contribution in [3.8, 4) is 0 Å². The molecule has 1 fully saturated rings. The molecule has 1 saturated carbocycles. The van der Waals surface area contributed by atoms with Crippen molar-refractivity contribution in [1.29, 1.82) is 0 Å². The quantitative estimate of drug-likeness (QED) is 0.0145. The van der Waals surface area contributed by atoms with Crippen molar-refractivity contribution in [2.75, 3.05) is 13.2 Å². The predicted molar refractivity (Wildman–Crippen MR) is 295 cm³/mol. The summed E-state index contributed by atoms with van der Waals surface area (Å²) in [5.41, 5.74) is 0. The summed E-state index contributed by atoms with van der Waals surface area (Å²) in [6.07, 6.45) is 51.5. The van der Waals surface area contributed by atoms with Crippen LogP contribution < -0.4 is 0 Å². The van der Waals surface area contributed by atoms with E-state index in [4.69, 9.17) is 18.5 Å². The van der Waals surface area contributed by atoms with Crippen LogP contribution in [0.2, 0.25) is 0 Å². The van der Waals surface area contributed by atoms with Crippen LogP contribution in [0.4, 0.5) is 0 Å². The van der Waals surface area contributed by atoms with E-state index in [2.05, 4.69) is 111 Å². The largest absolute Gasteiger partial charge is 0.472 e. The number of unbranched alkanes of at least 4 members (excludes halogenated alkanes) is 18. The van der Waals surface area contributed by atoms with Crippen LogP contribution in [-0.4, -0.2) is 98.3 Å². The van der Waals surface area contributed by atoms with Gasteiger partial charge in [-0.25, -0.2) is 4.57 Å². The second-order valence-electron chi connectivity index (χ2n) is 19.0. The summed E-state index contributed by atoms with van der Waals surface area (Å²) in [4.78, 5) is 36.0. The Morgan fingerprint density at radius 3 is 1.12 bits per heavy atom. The van der Waals surface area contributed by atoms with Gasteiger partial charge in [0.15, 0.2) is 6.10 Å². The van der Waals surface area contributed by atoms with Gasteiger partial charge >= 0.3 is 19.8 Å². The van der Waals surface area contributed by atoms with Crippen LogP contribution in [0.5, 0.6) is 0 Å². The van der Waals surface area contributed by atoms with Gasteiger partial charge in [0.05, 0.1) is 6.61 Å². The van der Waals surface area contributed by atoms with Crippen molar-refractivity contribution < 1.29 is 63.1 Å². The van der Waals surface area contributed by atoms with Crippen molar-refractivity contribution in [3.63, 3.8) is 0 Å². The molecule has 0 aromatic heterocycles. The van der Waals surface area contributed by atoms with Gasteiger partial charge in [0, 0.05) is 12.8 Å². The maximum atomic E-state index is 12.9. The summed E-state index contributed by atoms with van der Waals surface area (Å²) in [7, 11) is -5.14. The molecule has 6 N–H and O–H groups in total. The second-order valence-corrected chi connectivity index (χ2v) is 20.4. The lowest BCUT2D eigenvalue weighted by Gasteiger charge is -2.41. The zero-order valence-electron chi connectivity index (χ0n) is 44.9. The van der Waals surface area contributed by atoms with Crippen molar-refractivity contribution in [1.82, 2.24) is 0 Å². The summed E-state index contributed by atoms with van der Waals surface area (Å²) in [5.74, 6) is -1.12. The number of hydrogen-bond acceptors (Lipinski definition) is 12. The van der Waals surface area contributed by atoms with E-state index in [0.29, 0.717) is 12.8 Å². The van der Waals surface area contributed by atoms with Crippen molar-refractivity contribution in [2.45, 2.75) is 249 Å². The number of esters is 2. The predicted octanol–water partition coefficient (Wildman–Crippen LogP) is 13.0. The van der Waals surface area contributed by atoms with Crippen molar-refractivity contribution >= 4 is 19.8 Å². The maximum absolute atomic E-state index is 12.9. The Balaban J connectivity index is 2.36. The van der Waals surface area contributed by atoms with Gasteiger partial charge in [-0.15, -0.1) is 0 Å². The highest BCUT2D eigenvalue weighted by Gasteiger charge is 2.51. The molecule has 6 atom stereocenters. The topological polar surface area (TPSA) is 210 Å². The molecule has 1 aliphatic rings. The first-order valence-electron chi connectivity index (χ1n) is 28.0. The van der Waals surface area contributed by atoms with E-state index < -0.39 is 75.7 Å². The number of phosphoric acid groups is 1. The van der Waals surface area contributed by atoms with E-state index in [1.165, 1.54) is 51.4 Å². The smallest absolute Gasteiger partial charge is 0.462 e. The van der Waals surface area contributed by atoms with Crippen LogP contribution in [0.15, 0.2) is 97.2 Å². The number of aliphatic hydroxyl groups is 5. The van der Waals surface area contributed by atoms with Gasteiger partial charge in [0.25, 0.3) is 0 Å². The first-order valence-corrected chi connectivity index (χ1v) is 29.5. The van der Waals surface area contributed by atoms with E-state index in [1.54, 1.807) is 0 Å². The molecule has 6 unspecified atom stereocenters. The summed E-state index contributed by atoms with van der Waals surface area (Å²) in [6.45, 7) is 3.09. The molecule has 73 heavy (non-hydrogen) atoms. The average Bonchev–Trinajstić information content (AvgIpc) is 3.37. The molecule has 0 bridgehead atoms. The first-order chi connectivity index (χ1) is 35.4. The Bertz CT molecular complexity index is 1640. The standard InChI is InChI=1S/C59H99O13P/c1-3-5-7-9-11-13-15-17-19-21-23-25-26-28-30-32-34-36-38-40-42-44-46-48-53(61)71-51(50-70-73(67,68)72-59-57(65)55(63)54(62)56(64)58(59)66)49-69-52(60)47-45-43-41-39-37-35-33-31-29-27-24-22-20-18-16-14-12-10-8-6-4-2/h5-8,11-14,17-20,23-25,27,51,54-59,62-66H,3-4,9-10,15-16,21-22,26,28-50H2,1-2H3,(H,67,68)/b7-5-,8-6-,13-11-,14-12-,19-17-,20-18-,25-23-,27-24-. The Hall–Kier alpha value is -3.23. The number of hydrogen-bond donors (Lipinski definition) is 6. The van der Waals surface area contributed by atoms with Gasteiger partial charge in [-0.05, 0) is 89.9 Å². The molecule has 0 heterocycles. The normalized spacial score (nSPS) is 21.2. The highest BCUT2D eigenvalue weighted by Crippen LogP contribution is 2.47. The lowest BCUT2D eigenvalue weighted by molar-refractivity contribution is -0.220. The molecule has 0 radical (unpaired) electrons. The molecule has 1 rings (SSSR count). The average molecular weight is 1050 g/mol. The first kappa shape index (κ1) is 67.8. The summed E-state index contributed by atoms with van der Waals surface area (Å²) >= 11 is 0. The highest BCUT2D eigenvalue weighted by atomic mass is 31.2. The minimum Gasteiger partial charge on any atom is -0.462 e. The molecule has 1 aliphatic carbocycles. The zero-order valence-corrected chi connectivity index (χ0v) is 45.8. The lowest BCUT2D eigenvalue weighted by atomic mass is 9.85. The number of carbonyl (C=O) groups is 2. The number of ether oxygens (including phenoxy) is 2. The number of rotatable bonds is 46. The fraction of sp³-hybridized carbons (Fsp3) is 0.695. The van der Waals surface area contributed by atoms with Gasteiger partial charge < -0.3 is 39.9 Å². The van der Waals surface area contributed by atoms with Gasteiger partial charge in [0.1, 0.15) is 43.2 Å². The summed E-state index contributed by atoms with van der Waals surface area (Å²) in [5, 5.41) is 50.4. The summed E-state index contributed by atoms with van der Waals surface area (Å²) < 4.78 is 33.7. The Labute approximate surface area is 440 Å². The van der Waals surface area contributed by atoms with Crippen LogP contribution in [0.1, 0.15) is 206 Å². The van der Waals surface area contributed by atoms with Crippen LogP contribution in [0.3, 0.4) is 0 Å². The van der Waals surface area contributed by atoms with Crippen LogP contribution in [-0.2, 0) is 32.7 Å². The Kier molecular flexibility index (Phi) is 43.9. The third-order valence-corrected chi connectivity index (χ3v) is 13.4. The molecule has 0 aromatic rings. The highest BCUT2D eigenvalue weighted by molar-refractivity contribution is 7.47. The van der Waals surface area contributed by atoms with Crippen molar-refractivity contribution in [2.24, 2.45) is 0 Å². The van der Waals surface area contributed by atoms with Gasteiger partial charge in [0.2, 0.25) is 0 Å².